The van der Waals surface area contributed by atoms with Gasteiger partial charge in [-0.05, 0) is 12.1 Å². The van der Waals surface area contributed by atoms with Crippen LogP contribution in [0.3, 0.4) is 0 Å². The van der Waals surface area contributed by atoms with Crippen LogP contribution >= 0.6 is 0 Å². The Morgan fingerprint density at radius 2 is 2.31 bits per heavy atom. The minimum Gasteiger partial charge on any atom is -0.378 e. The van der Waals surface area contributed by atoms with E-state index in [0.29, 0.717) is 6.54 Å². The topological polar surface area (TPSA) is 99.9 Å². The molecular formula is C9H9N5O2. The number of nitrogens with two attached hydrogens (primary N) is 1. The Labute approximate surface area is 90.7 Å². The minimum atomic E-state index is -0.558. The fourth-order valence-corrected chi connectivity index (χ4v) is 1.30. The zero-order valence-electron chi connectivity index (χ0n) is 8.28. The molecule has 2 aromatic heterocycles. The molecule has 0 bridgehead atoms. The molecule has 0 unspecified atom stereocenters. The Kier molecular flexibility index (Phi) is 2.50. The molecule has 0 aromatic carbocycles. The summed E-state index contributed by atoms with van der Waals surface area (Å²) in [5, 5.41) is 14.4. The summed E-state index contributed by atoms with van der Waals surface area (Å²) in [6.07, 6.45) is 2.78. The van der Waals surface area contributed by atoms with Crippen LogP contribution in [0.25, 0.3) is 0 Å². The third-order valence-electron chi connectivity index (χ3n) is 2.09. The van der Waals surface area contributed by atoms with Gasteiger partial charge in [0.1, 0.15) is 6.20 Å². The summed E-state index contributed by atoms with van der Waals surface area (Å²) in [6.45, 7) is 0.320. The highest BCUT2D eigenvalue weighted by Crippen LogP contribution is 2.20. The normalized spacial score (nSPS) is 10.2. The van der Waals surface area contributed by atoms with Crippen LogP contribution in [0.4, 0.5) is 11.5 Å². The first-order valence-corrected chi connectivity index (χ1v) is 4.54. The molecule has 0 fully saturated rings. The van der Waals surface area contributed by atoms with Crippen molar-refractivity contribution in [2.75, 3.05) is 5.73 Å². The molecule has 2 heterocycles. The first-order valence-electron chi connectivity index (χ1n) is 4.54. The second-order valence-corrected chi connectivity index (χ2v) is 3.15. The molecule has 0 radical (unpaired) electrons. The molecule has 0 amide bonds. The van der Waals surface area contributed by atoms with Gasteiger partial charge in [-0.2, -0.15) is 5.10 Å². The molecule has 2 aromatic rings. The molecule has 2 N–H and O–H groups in total. The van der Waals surface area contributed by atoms with Gasteiger partial charge in [-0.3, -0.25) is 15.1 Å². The van der Waals surface area contributed by atoms with Crippen molar-refractivity contribution in [1.29, 1.82) is 0 Å². The molecule has 16 heavy (non-hydrogen) atoms. The van der Waals surface area contributed by atoms with Crippen LogP contribution in [-0.4, -0.2) is 19.7 Å². The number of nitrogens with zero attached hydrogens (tertiary/aromatic N) is 4. The van der Waals surface area contributed by atoms with Gasteiger partial charge in [-0.15, -0.1) is 0 Å². The first kappa shape index (κ1) is 10.1. The molecule has 2 rings (SSSR count). The third-order valence-corrected chi connectivity index (χ3v) is 2.09. The average molecular weight is 219 g/mol. The molecule has 0 atom stereocenters. The number of aromatic nitrogens is 3. The van der Waals surface area contributed by atoms with Crippen molar-refractivity contribution in [2.24, 2.45) is 0 Å². The van der Waals surface area contributed by atoms with Crippen LogP contribution in [0, 0.1) is 10.1 Å². The quantitative estimate of drug-likeness (QED) is 0.608. The highest BCUT2D eigenvalue weighted by molar-refractivity contribution is 5.51. The third kappa shape index (κ3) is 1.83. The summed E-state index contributed by atoms with van der Waals surface area (Å²) in [4.78, 5) is 14.1. The van der Waals surface area contributed by atoms with Crippen LogP contribution in [0.5, 0.6) is 0 Å². The minimum absolute atomic E-state index is 0.0376. The number of anilines is 1. The Bertz CT molecular complexity index is 508. The number of rotatable bonds is 3. The lowest BCUT2D eigenvalue weighted by molar-refractivity contribution is -0.384. The lowest BCUT2D eigenvalue weighted by atomic mass is 10.3. The highest BCUT2D eigenvalue weighted by Gasteiger charge is 2.17. The van der Waals surface area contributed by atoms with Crippen LogP contribution in [0.1, 0.15) is 5.69 Å². The largest absolute Gasteiger partial charge is 0.378 e. The Morgan fingerprint density at radius 3 is 2.88 bits per heavy atom. The van der Waals surface area contributed by atoms with E-state index in [1.54, 1.807) is 18.3 Å². The van der Waals surface area contributed by atoms with E-state index in [1.807, 2.05) is 6.07 Å². The van der Waals surface area contributed by atoms with Gasteiger partial charge in [0.05, 0.1) is 17.2 Å². The number of pyridine rings is 1. The summed E-state index contributed by atoms with van der Waals surface area (Å²) >= 11 is 0. The molecule has 0 saturated heterocycles. The van der Waals surface area contributed by atoms with Crippen LogP contribution in [0.15, 0.2) is 30.6 Å². The number of hydrogen-bond donors (Lipinski definition) is 1. The molecule has 82 valence electrons. The van der Waals surface area contributed by atoms with E-state index in [9.17, 15) is 10.1 Å². The lowest BCUT2D eigenvalue weighted by Crippen LogP contribution is -2.07. The Morgan fingerprint density at radius 1 is 1.50 bits per heavy atom. The summed E-state index contributed by atoms with van der Waals surface area (Å²) in [7, 11) is 0. The van der Waals surface area contributed by atoms with Crippen molar-refractivity contribution < 1.29 is 4.92 Å². The summed E-state index contributed by atoms with van der Waals surface area (Å²) in [6, 6.07) is 5.42. The summed E-state index contributed by atoms with van der Waals surface area (Å²) < 4.78 is 1.35. The maximum absolute atomic E-state index is 10.5. The highest BCUT2D eigenvalue weighted by atomic mass is 16.6. The Hall–Kier alpha value is -2.44. The number of hydrogen-bond acceptors (Lipinski definition) is 5. The van der Waals surface area contributed by atoms with Crippen molar-refractivity contribution in [1.82, 2.24) is 14.8 Å². The van der Waals surface area contributed by atoms with Gasteiger partial charge in [0.2, 0.25) is 5.82 Å². The van der Waals surface area contributed by atoms with Gasteiger partial charge in [0.15, 0.2) is 0 Å². The molecule has 0 saturated carbocycles. The molecule has 0 aliphatic carbocycles. The van der Waals surface area contributed by atoms with E-state index in [1.165, 1.54) is 4.68 Å². The van der Waals surface area contributed by atoms with E-state index in [0.717, 1.165) is 11.9 Å². The maximum Gasteiger partial charge on any atom is 0.330 e. The van der Waals surface area contributed by atoms with E-state index in [2.05, 4.69) is 10.1 Å². The van der Waals surface area contributed by atoms with Crippen molar-refractivity contribution in [3.63, 3.8) is 0 Å². The first-order chi connectivity index (χ1) is 7.68. The monoisotopic (exact) mass is 219 g/mol. The second-order valence-electron chi connectivity index (χ2n) is 3.15. The molecule has 7 nitrogen and oxygen atoms in total. The van der Waals surface area contributed by atoms with Crippen molar-refractivity contribution in [3.05, 3.63) is 46.4 Å². The molecule has 7 heteroatoms. The zero-order chi connectivity index (χ0) is 11.5. The van der Waals surface area contributed by atoms with Gasteiger partial charge < -0.3 is 5.73 Å². The van der Waals surface area contributed by atoms with Crippen LogP contribution in [-0.2, 0) is 6.54 Å². The van der Waals surface area contributed by atoms with Crippen LogP contribution < -0.4 is 5.73 Å². The fraction of sp³-hybridized carbons (Fsp3) is 0.111. The van der Waals surface area contributed by atoms with Gasteiger partial charge in [-0.1, -0.05) is 6.07 Å². The lowest BCUT2D eigenvalue weighted by Gasteiger charge is -2.01. The summed E-state index contributed by atoms with van der Waals surface area (Å²) in [5.41, 5.74) is 6.14. The van der Waals surface area contributed by atoms with E-state index >= 15 is 0 Å². The predicted molar refractivity (Wildman–Crippen MR) is 56.6 cm³/mol. The van der Waals surface area contributed by atoms with Gasteiger partial charge in [-0.25, -0.2) is 4.68 Å². The summed E-state index contributed by atoms with van der Waals surface area (Å²) in [5.74, 6) is 0.0376. The van der Waals surface area contributed by atoms with E-state index in [-0.39, 0.29) is 11.5 Å². The van der Waals surface area contributed by atoms with Crippen LogP contribution in [0.2, 0.25) is 0 Å². The van der Waals surface area contributed by atoms with Gasteiger partial charge in [0.25, 0.3) is 0 Å². The number of nitrogen functional groups attached to an aromatic ring is 1. The smallest absolute Gasteiger partial charge is 0.330 e. The van der Waals surface area contributed by atoms with Gasteiger partial charge >= 0.3 is 5.69 Å². The number of nitro groups is 1. The molecular weight excluding hydrogens is 210 g/mol. The molecule has 0 aliphatic heterocycles. The van der Waals surface area contributed by atoms with E-state index in [4.69, 9.17) is 5.73 Å². The fourth-order valence-electron chi connectivity index (χ4n) is 1.30. The van der Waals surface area contributed by atoms with Crippen molar-refractivity contribution >= 4 is 11.5 Å². The van der Waals surface area contributed by atoms with E-state index < -0.39 is 4.92 Å². The Balaban J connectivity index is 2.26. The second kappa shape index (κ2) is 3.97. The molecule has 0 spiro atoms. The zero-order valence-corrected chi connectivity index (χ0v) is 8.28. The van der Waals surface area contributed by atoms with Crippen molar-refractivity contribution in [2.45, 2.75) is 6.54 Å². The molecule has 0 aliphatic rings. The average Bonchev–Trinajstić information content (AvgIpc) is 2.62. The standard InChI is InChI=1S/C9H9N5O2/c10-9-8(14(15)16)5-12-13(9)6-7-3-1-2-4-11-7/h1-5H,6,10H2. The SMILES string of the molecule is Nc1c([N+](=O)[O-])cnn1Cc1ccccn1. The predicted octanol–water partition coefficient (Wildman–Crippen LogP) is 0.817. The van der Waals surface area contributed by atoms with Crippen molar-refractivity contribution in [3.8, 4) is 0 Å². The van der Waals surface area contributed by atoms with Gasteiger partial charge in [0, 0.05) is 6.20 Å². The maximum atomic E-state index is 10.5.